The van der Waals surface area contributed by atoms with E-state index in [1.807, 2.05) is 63.7 Å². The highest BCUT2D eigenvalue weighted by atomic mass is 35.5. The molecule has 8 heteroatoms. The van der Waals surface area contributed by atoms with Crippen LogP contribution in [0.25, 0.3) is 6.08 Å². The SMILES string of the molecule is COc1ccccc1/C=C/CN(CCN1CCN(C(=O)c2cccs2)CC1)C(=O)c1cccc(Cl)c1. The first-order chi connectivity index (χ1) is 17.5. The average Bonchev–Trinajstić information content (AvgIpc) is 3.45. The summed E-state index contributed by atoms with van der Waals surface area (Å²) in [6.45, 7) is 4.70. The highest BCUT2D eigenvalue weighted by Crippen LogP contribution is 2.19. The Bertz CT molecular complexity index is 1190. The molecule has 2 heterocycles. The number of thiophene rings is 1. The molecule has 0 atom stereocenters. The number of benzene rings is 2. The lowest BCUT2D eigenvalue weighted by atomic mass is 10.1. The molecule has 0 aliphatic carbocycles. The number of methoxy groups -OCH3 is 1. The highest BCUT2D eigenvalue weighted by Gasteiger charge is 2.23. The molecule has 2 amide bonds. The number of nitrogens with zero attached hydrogens (tertiary/aromatic N) is 3. The van der Waals surface area contributed by atoms with Gasteiger partial charge in [-0.3, -0.25) is 14.5 Å². The van der Waals surface area contributed by atoms with Crippen molar-refractivity contribution in [3.8, 4) is 5.75 Å². The van der Waals surface area contributed by atoms with Gasteiger partial charge in [0.1, 0.15) is 5.75 Å². The number of piperazine rings is 1. The van der Waals surface area contributed by atoms with Gasteiger partial charge in [-0.15, -0.1) is 11.3 Å². The van der Waals surface area contributed by atoms with Crippen LogP contribution in [0, 0.1) is 0 Å². The van der Waals surface area contributed by atoms with E-state index in [-0.39, 0.29) is 11.8 Å². The van der Waals surface area contributed by atoms with E-state index in [1.165, 1.54) is 11.3 Å². The largest absolute Gasteiger partial charge is 0.496 e. The molecule has 1 fully saturated rings. The van der Waals surface area contributed by atoms with E-state index in [1.54, 1.807) is 31.4 Å². The summed E-state index contributed by atoms with van der Waals surface area (Å²) in [6.07, 6.45) is 3.96. The molecule has 0 saturated carbocycles. The summed E-state index contributed by atoms with van der Waals surface area (Å²) in [5.41, 5.74) is 1.53. The minimum Gasteiger partial charge on any atom is -0.496 e. The fraction of sp³-hybridized carbons (Fsp3) is 0.286. The van der Waals surface area contributed by atoms with Crippen molar-refractivity contribution in [2.24, 2.45) is 0 Å². The van der Waals surface area contributed by atoms with Gasteiger partial charge in [0.25, 0.3) is 11.8 Å². The Morgan fingerprint density at radius 3 is 2.58 bits per heavy atom. The molecule has 0 spiro atoms. The van der Waals surface area contributed by atoms with Crippen molar-refractivity contribution in [2.45, 2.75) is 0 Å². The molecule has 1 aliphatic heterocycles. The van der Waals surface area contributed by atoms with Crippen LogP contribution < -0.4 is 4.74 Å². The van der Waals surface area contributed by atoms with Gasteiger partial charge in [0.15, 0.2) is 0 Å². The Kier molecular flexibility index (Phi) is 9.17. The minimum atomic E-state index is -0.0614. The van der Waals surface area contributed by atoms with E-state index in [2.05, 4.69) is 4.90 Å². The maximum atomic E-state index is 13.3. The van der Waals surface area contributed by atoms with E-state index in [0.29, 0.717) is 36.8 Å². The third kappa shape index (κ3) is 6.75. The Hall–Kier alpha value is -3.13. The second-order valence-corrected chi connectivity index (χ2v) is 9.90. The molecule has 0 N–H and O–H groups in total. The summed E-state index contributed by atoms with van der Waals surface area (Å²) >= 11 is 7.63. The predicted molar refractivity (Wildman–Crippen MR) is 146 cm³/mol. The number of hydrogen-bond acceptors (Lipinski definition) is 5. The Balaban J connectivity index is 1.38. The molecule has 3 aromatic rings. The van der Waals surface area contributed by atoms with Gasteiger partial charge in [-0.2, -0.15) is 0 Å². The number of carbonyl (C=O) groups excluding carboxylic acids is 2. The van der Waals surface area contributed by atoms with Crippen molar-refractivity contribution in [3.63, 3.8) is 0 Å². The van der Waals surface area contributed by atoms with Crippen molar-refractivity contribution >= 4 is 40.8 Å². The first kappa shape index (κ1) is 25.9. The highest BCUT2D eigenvalue weighted by molar-refractivity contribution is 7.12. The van der Waals surface area contributed by atoms with Crippen LogP contribution in [-0.2, 0) is 0 Å². The Labute approximate surface area is 221 Å². The summed E-state index contributed by atoms with van der Waals surface area (Å²) in [6, 6.07) is 18.6. The fourth-order valence-corrected chi connectivity index (χ4v) is 5.06. The van der Waals surface area contributed by atoms with Crippen LogP contribution in [0.4, 0.5) is 0 Å². The van der Waals surface area contributed by atoms with Crippen LogP contribution in [0.5, 0.6) is 5.75 Å². The van der Waals surface area contributed by atoms with Crippen molar-refractivity contribution in [1.29, 1.82) is 0 Å². The molecular formula is C28H30ClN3O3S. The van der Waals surface area contributed by atoms with Crippen LogP contribution in [0.1, 0.15) is 25.6 Å². The number of halogens is 1. The molecular weight excluding hydrogens is 494 g/mol. The standard InChI is InChI=1S/C28H30ClN3O3S/c1-35-25-11-3-2-7-22(25)9-5-13-31(27(33)23-8-4-10-24(29)21-23)17-14-30-15-18-32(19-16-30)28(34)26-12-6-20-36-26/h2-12,20-21H,13-19H2,1H3/b9-5+. The van der Waals surface area contributed by atoms with E-state index in [4.69, 9.17) is 16.3 Å². The molecule has 0 unspecified atom stereocenters. The van der Waals surface area contributed by atoms with Crippen LogP contribution in [0.3, 0.4) is 0 Å². The first-order valence-corrected chi connectivity index (χ1v) is 13.2. The fourth-order valence-electron chi connectivity index (χ4n) is 4.18. The number of rotatable bonds is 9. The lowest BCUT2D eigenvalue weighted by Gasteiger charge is -2.35. The van der Waals surface area contributed by atoms with Gasteiger partial charge in [-0.25, -0.2) is 0 Å². The Morgan fingerprint density at radius 1 is 1.06 bits per heavy atom. The van der Waals surface area contributed by atoms with Gasteiger partial charge in [0.2, 0.25) is 0 Å². The lowest BCUT2D eigenvalue weighted by molar-refractivity contribution is 0.0613. The number of ether oxygens (including phenoxy) is 1. The van der Waals surface area contributed by atoms with Crippen LogP contribution in [-0.4, -0.2) is 79.4 Å². The molecule has 36 heavy (non-hydrogen) atoms. The zero-order chi connectivity index (χ0) is 25.3. The predicted octanol–water partition coefficient (Wildman–Crippen LogP) is 5.02. The van der Waals surface area contributed by atoms with Gasteiger partial charge in [-0.05, 0) is 35.7 Å². The molecule has 4 rings (SSSR count). The normalized spacial score (nSPS) is 14.2. The topological polar surface area (TPSA) is 53.1 Å². The second-order valence-electron chi connectivity index (χ2n) is 8.52. The van der Waals surface area contributed by atoms with Crippen molar-refractivity contribution in [1.82, 2.24) is 14.7 Å². The zero-order valence-corrected chi connectivity index (χ0v) is 21.9. The minimum absolute atomic E-state index is 0.0614. The number of para-hydroxylation sites is 1. The third-order valence-corrected chi connectivity index (χ3v) is 7.29. The second kappa shape index (κ2) is 12.7. The van der Waals surface area contributed by atoms with E-state index in [0.717, 1.165) is 35.8 Å². The molecule has 1 saturated heterocycles. The van der Waals surface area contributed by atoms with Crippen LogP contribution >= 0.6 is 22.9 Å². The van der Waals surface area contributed by atoms with Crippen molar-refractivity contribution in [3.05, 3.63) is 93.1 Å². The molecule has 0 bridgehead atoms. The van der Waals surface area contributed by atoms with Crippen LogP contribution in [0.15, 0.2) is 72.1 Å². The summed E-state index contributed by atoms with van der Waals surface area (Å²) in [5, 5.41) is 2.47. The summed E-state index contributed by atoms with van der Waals surface area (Å²) in [7, 11) is 1.65. The van der Waals surface area contributed by atoms with Crippen molar-refractivity contribution < 1.29 is 14.3 Å². The molecule has 1 aromatic heterocycles. The smallest absolute Gasteiger partial charge is 0.264 e. The van der Waals surface area contributed by atoms with Gasteiger partial charge in [0, 0.05) is 62.0 Å². The number of amides is 2. The molecule has 2 aromatic carbocycles. The average molecular weight is 524 g/mol. The van der Waals surface area contributed by atoms with Gasteiger partial charge >= 0.3 is 0 Å². The van der Waals surface area contributed by atoms with Crippen LogP contribution in [0.2, 0.25) is 5.02 Å². The zero-order valence-electron chi connectivity index (χ0n) is 20.3. The molecule has 1 aliphatic rings. The first-order valence-electron chi connectivity index (χ1n) is 11.9. The lowest BCUT2D eigenvalue weighted by Crippen LogP contribution is -2.50. The third-order valence-electron chi connectivity index (χ3n) is 6.20. The van der Waals surface area contributed by atoms with E-state index in [9.17, 15) is 9.59 Å². The van der Waals surface area contributed by atoms with Gasteiger partial charge < -0.3 is 14.5 Å². The number of carbonyl (C=O) groups is 2. The van der Waals surface area contributed by atoms with E-state index >= 15 is 0 Å². The Morgan fingerprint density at radius 2 is 1.86 bits per heavy atom. The summed E-state index contributed by atoms with van der Waals surface area (Å²) in [5.74, 6) is 0.828. The quantitative estimate of drug-likeness (QED) is 0.395. The van der Waals surface area contributed by atoms with Gasteiger partial charge in [0.05, 0.1) is 12.0 Å². The molecule has 6 nitrogen and oxygen atoms in total. The molecule has 0 radical (unpaired) electrons. The van der Waals surface area contributed by atoms with Crippen molar-refractivity contribution in [2.75, 3.05) is 52.9 Å². The van der Waals surface area contributed by atoms with Gasteiger partial charge in [-0.1, -0.05) is 54.1 Å². The van der Waals surface area contributed by atoms with E-state index < -0.39 is 0 Å². The maximum absolute atomic E-state index is 13.3. The number of hydrogen-bond donors (Lipinski definition) is 0. The maximum Gasteiger partial charge on any atom is 0.264 e. The summed E-state index contributed by atoms with van der Waals surface area (Å²) < 4.78 is 5.43. The molecule has 188 valence electrons. The summed E-state index contributed by atoms with van der Waals surface area (Å²) in [4.78, 5) is 32.8. The monoisotopic (exact) mass is 523 g/mol.